The van der Waals surface area contributed by atoms with Gasteiger partial charge in [-0.25, -0.2) is 0 Å². The van der Waals surface area contributed by atoms with Crippen LogP contribution in [0.15, 0.2) is 0 Å². The Hall–Kier alpha value is 0.480. The number of halogens is 1. The maximum Gasteiger partial charge on any atom is 0.0255 e. The Bertz CT molecular complexity index is 151. The summed E-state index contributed by atoms with van der Waals surface area (Å²) in [4.78, 5) is 0. The molecule has 0 aromatic rings. The zero-order chi connectivity index (χ0) is 10.9. The summed E-state index contributed by atoms with van der Waals surface area (Å²) in [6, 6.07) is 0. The van der Waals surface area contributed by atoms with E-state index in [-0.39, 0.29) is 0 Å². The predicted octanol–water partition coefficient (Wildman–Crippen LogP) is 4.87. The number of hydrogen-bond acceptors (Lipinski definition) is 0. The largest absolute Gasteiger partial charge is 0.0853 e. The van der Waals surface area contributed by atoms with Gasteiger partial charge in [0.15, 0.2) is 0 Å². The van der Waals surface area contributed by atoms with E-state index in [4.69, 9.17) is 0 Å². The summed E-state index contributed by atoms with van der Waals surface area (Å²) in [7, 11) is 0. The smallest absolute Gasteiger partial charge is 0.0255 e. The van der Waals surface area contributed by atoms with Crippen molar-refractivity contribution in [1.82, 2.24) is 0 Å². The lowest BCUT2D eigenvalue weighted by atomic mass is 9.75. The van der Waals surface area contributed by atoms with Crippen molar-refractivity contribution in [2.45, 2.75) is 59.2 Å². The molecule has 0 aliphatic carbocycles. The van der Waals surface area contributed by atoms with Crippen molar-refractivity contribution in [3.05, 3.63) is 0 Å². The Morgan fingerprint density at radius 3 is 1.62 bits per heavy atom. The van der Waals surface area contributed by atoms with Crippen molar-refractivity contribution >= 4 is 15.9 Å². The van der Waals surface area contributed by atoms with Gasteiger partial charge in [0.25, 0.3) is 0 Å². The summed E-state index contributed by atoms with van der Waals surface area (Å²) in [5.74, 6) is 1.44. The van der Waals surface area contributed by atoms with E-state index in [1.807, 2.05) is 0 Å². The van der Waals surface area contributed by atoms with Crippen molar-refractivity contribution in [2.24, 2.45) is 17.3 Å². The van der Waals surface area contributed by atoms with Crippen LogP contribution < -0.4 is 0 Å². The van der Waals surface area contributed by atoms with Gasteiger partial charge in [-0.15, -0.1) is 0 Å². The first-order chi connectivity index (χ1) is 5.57. The highest BCUT2D eigenvalue weighted by Gasteiger charge is 2.31. The Morgan fingerprint density at radius 2 is 1.38 bits per heavy atom. The Labute approximate surface area is 92.6 Å². The third kappa shape index (κ3) is 4.49. The second-order valence-electron chi connectivity index (χ2n) is 5.90. The molecule has 0 radical (unpaired) electrons. The van der Waals surface area contributed by atoms with Gasteiger partial charge >= 0.3 is 0 Å². The molecule has 0 saturated carbocycles. The first kappa shape index (κ1) is 13.5. The zero-order valence-electron chi connectivity index (χ0n) is 10.2. The minimum atomic E-state index is 0.291. The Kier molecular flexibility index (Phi) is 4.49. The van der Waals surface area contributed by atoms with Gasteiger partial charge in [-0.2, -0.15) is 0 Å². The fourth-order valence-corrected chi connectivity index (χ4v) is 1.63. The van der Waals surface area contributed by atoms with Crippen LogP contribution in [0.1, 0.15) is 54.9 Å². The predicted molar refractivity (Wildman–Crippen MR) is 65.4 cm³/mol. The van der Waals surface area contributed by atoms with E-state index in [2.05, 4.69) is 64.4 Å². The number of hydrogen-bond donors (Lipinski definition) is 0. The Morgan fingerprint density at radius 1 is 1.00 bits per heavy atom. The summed E-state index contributed by atoms with van der Waals surface area (Å²) in [5.41, 5.74) is 0.421. The van der Waals surface area contributed by atoms with E-state index in [0.29, 0.717) is 15.7 Å². The molecule has 0 bridgehead atoms. The molecule has 0 fully saturated rings. The molecule has 1 heteroatoms. The third-order valence-electron chi connectivity index (χ3n) is 3.39. The van der Waals surface area contributed by atoms with Crippen LogP contribution in [0.25, 0.3) is 0 Å². The number of rotatable bonds is 3. The van der Waals surface area contributed by atoms with Gasteiger partial charge in [0, 0.05) is 4.32 Å². The highest BCUT2D eigenvalue weighted by Crippen LogP contribution is 2.39. The van der Waals surface area contributed by atoms with Gasteiger partial charge in [-0.05, 0) is 30.6 Å². The van der Waals surface area contributed by atoms with Gasteiger partial charge in [-0.1, -0.05) is 57.5 Å². The zero-order valence-corrected chi connectivity index (χ0v) is 11.8. The van der Waals surface area contributed by atoms with Crippen LogP contribution >= 0.6 is 15.9 Å². The summed E-state index contributed by atoms with van der Waals surface area (Å²) in [6.07, 6.45) is 1.24. The molecule has 0 spiro atoms. The van der Waals surface area contributed by atoms with Crippen molar-refractivity contribution in [3.8, 4) is 0 Å². The normalized spacial score (nSPS) is 20.1. The van der Waals surface area contributed by atoms with Crippen LogP contribution in [0.5, 0.6) is 0 Å². The maximum absolute atomic E-state index is 3.84. The molecule has 0 nitrogen and oxygen atoms in total. The maximum atomic E-state index is 3.84. The lowest BCUT2D eigenvalue weighted by Gasteiger charge is -2.36. The minimum absolute atomic E-state index is 0.291. The molecule has 0 heterocycles. The van der Waals surface area contributed by atoms with E-state index < -0.39 is 0 Å². The average molecular weight is 249 g/mol. The fourth-order valence-electron chi connectivity index (χ4n) is 1.14. The second kappa shape index (κ2) is 4.33. The highest BCUT2D eigenvalue weighted by atomic mass is 79.9. The molecular weight excluding hydrogens is 224 g/mol. The quantitative estimate of drug-likeness (QED) is 0.626. The molecule has 0 N–H and O–H groups in total. The van der Waals surface area contributed by atoms with Crippen LogP contribution in [0.4, 0.5) is 0 Å². The number of alkyl halides is 1. The minimum Gasteiger partial charge on any atom is -0.0853 e. The monoisotopic (exact) mass is 248 g/mol. The topological polar surface area (TPSA) is 0 Å². The molecular formula is C12H25Br. The summed E-state index contributed by atoms with van der Waals surface area (Å²) >= 11 is 3.84. The summed E-state index contributed by atoms with van der Waals surface area (Å²) in [6.45, 7) is 16.2. The van der Waals surface area contributed by atoms with Crippen molar-refractivity contribution in [1.29, 1.82) is 0 Å². The van der Waals surface area contributed by atoms with Crippen LogP contribution in [-0.2, 0) is 0 Å². The van der Waals surface area contributed by atoms with Gasteiger partial charge in [-0.3, -0.25) is 0 Å². The molecule has 0 amide bonds. The first-order valence-corrected chi connectivity index (χ1v) is 6.05. The summed E-state index contributed by atoms with van der Waals surface area (Å²) in [5, 5.41) is 0. The highest BCUT2D eigenvalue weighted by molar-refractivity contribution is 9.10. The van der Waals surface area contributed by atoms with Gasteiger partial charge in [0.1, 0.15) is 0 Å². The molecule has 2 atom stereocenters. The van der Waals surface area contributed by atoms with Gasteiger partial charge in [0.05, 0.1) is 0 Å². The molecule has 0 aromatic heterocycles. The second-order valence-corrected chi connectivity index (χ2v) is 7.72. The summed E-state index contributed by atoms with van der Waals surface area (Å²) < 4.78 is 0.291. The molecule has 0 rings (SSSR count). The standard InChI is InChI=1S/C12H25Br/c1-9(2)12(7,13)8-10(3)11(4,5)6/h9-10H,8H2,1-7H3. The Balaban J connectivity index is 4.28. The van der Waals surface area contributed by atoms with E-state index in [0.717, 1.165) is 5.92 Å². The van der Waals surface area contributed by atoms with Crippen LogP contribution in [-0.4, -0.2) is 4.32 Å². The molecule has 0 aliphatic rings. The lowest BCUT2D eigenvalue weighted by molar-refractivity contribution is 0.216. The van der Waals surface area contributed by atoms with E-state index >= 15 is 0 Å². The van der Waals surface area contributed by atoms with Crippen molar-refractivity contribution in [3.63, 3.8) is 0 Å². The van der Waals surface area contributed by atoms with Gasteiger partial charge in [0.2, 0.25) is 0 Å². The average Bonchev–Trinajstić information content (AvgIpc) is 1.83. The van der Waals surface area contributed by atoms with E-state index in [1.165, 1.54) is 6.42 Å². The van der Waals surface area contributed by atoms with Crippen LogP contribution in [0.2, 0.25) is 0 Å². The molecule has 2 unspecified atom stereocenters. The fraction of sp³-hybridized carbons (Fsp3) is 1.00. The van der Waals surface area contributed by atoms with Crippen molar-refractivity contribution in [2.75, 3.05) is 0 Å². The van der Waals surface area contributed by atoms with E-state index in [9.17, 15) is 0 Å². The van der Waals surface area contributed by atoms with Crippen molar-refractivity contribution < 1.29 is 0 Å². The van der Waals surface area contributed by atoms with E-state index in [1.54, 1.807) is 0 Å². The van der Waals surface area contributed by atoms with Gasteiger partial charge < -0.3 is 0 Å². The molecule has 80 valence electrons. The van der Waals surface area contributed by atoms with Crippen LogP contribution in [0.3, 0.4) is 0 Å². The first-order valence-electron chi connectivity index (χ1n) is 5.26. The van der Waals surface area contributed by atoms with Crippen LogP contribution in [0, 0.1) is 17.3 Å². The SMILES string of the molecule is CC(CC(C)(Br)C(C)C)C(C)(C)C. The third-order valence-corrected chi connectivity index (χ3v) is 4.63. The molecule has 0 aliphatic heterocycles. The molecule has 13 heavy (non-hydrogen) atoms. The molecule has 0 aromatic carbocycles. The molecule has 0 saturated heterocycles. The lowest BCUT2D eigenvalue weighted by Crippen LogP contribution is -2.30.